The first-order valence-corrected chi connectivity index (χ1v) is 14.6. The van der Waals surface area contributed by atoms with E-state index in [0.29, 0.717) is 38.2 Å². The number of nitrogen functional groups attached to an aromatic ring is 1. The number of anilines is 2. The van der Waals surface area contributed by atoms with E-state index in [9.17, 15) is 4.79 Å². The molecule has 1 aliphatic carbocycles. The largest absolute Gasteiger partial charge is 0.381 e. The number of hydrogen-bond acceptors (Lipinski definition) is 9. The van der Waals surface area contributed by atoms with Gasteiger partial charge in [-0.25, -0.2) is 15.0 Å². The summed E-state index contributed by atoms with van der Waals surface area (Å²) in [5, 5.41) is 1.21. The highest BCUT2D eigenvalue weighted by Gasteiger charge is 2.45. The van der Waals surface area contributed by atoms with E-state index in [1.54, 1.807) is 19.4 Å². The van der Waals surface area contributed by atoms with Crippen molar-refractivity contribution in [2.75, 3.05) is 30.8 Å². The normalized spacial score (nSPS) is 18.8. The van der Waals surface area contributed by atoms with Crippen LogP contribution in [0.3, 0.4) is 0 Å². The minimum atomic E-state index is -0.219. The third kappa shape index (κ3) is 4.72. The zero-order valence-corrected chi connectivity index (χ0v) is 24.1. The molecule has 0 amide bonds. The summed E-state index contributed by atoms with van der Waals surface area (Å²) in [6.45, 7) is 3.96. The van der Waals surface area contributed by atoms with Crippen LogP contribution in [-0.2, 0) is 17.7 Å². The summed E-state index contributed by atoms with van der Waals surface area (Å²) in [6.07, 6.45) is 6.15. The number of benzene rings is 2. The first-order chi connectivity index (χ1) is 19.3. The van der Waals surface area contributed by atoms with Gasteiger partial charge in [0, 0.05) is 31.1 Å². The van der Waals surface area contributed by atoms with Crippen molar-refractivity contribution < 1.29 is 4.74 Å². The number of ether oxygens (including phenoxy) is 1. The van der Waals surface area contributed by atoms with Crippen molar-refractivity contribution in [3.05, 3.63) is 75.4 Å². The number of halogens is 1. The quantitative estimate of drug-likeness (QED) is 0.342. The summed E-state index contributed by atoms with van der Waals surface area (Å²) >= 11 is 8.02. The highest BCUT2D eigenvalue weighted by molar-refractivity contribution is 7.99. The van der Waals surface area contributed by atoms with Gasteiger partial charge in [0.2, 0.25) is 0 Å². The molecule has 1 fully saturated rings. The minimum absolute atomic E-state index is 0.0650. The van der Waals surface area contributed by atoms with Crippen molar-refractivity contribution in [3.63, 3.8) is 0 Å². The Morgan fingerprint density at radius 3 is 2.70 bits per heavy atom. The smallest absolute Gasteiger partial charge is 0.262 e. The molecule has 0 bridgehead atoms. The molecule has 2 aliphatic rings. The van der Waals surface area contributed by atoms with E-state index in [0.717, 1.165) is 38.2 Å². The second-order valence-corrected chi connectivity index (χ2v) is 12.2. The number of rotatable bonds is 6. The Kier molecular flexibility index (Phi) is 7.20. The molecule has 1 unspecified atom stereocenters. The van der Waals surface area contributed by atoms with Gasteiger partial charge in [-0.05, 0) is 54.9 Å². The van der Waals surface area contributed by atoms with Crippen molar-refractivity contribution in [1.29, 1.82) is 0 Å². The Bertz CT molecular complexity index is 1640. The molecule has 4 N–H and O–H groups in total. The molecule has 2 atom stereocenters. The van der Waals surface area contributed by atoms with Gasteiger partial charge in [0.15, 0.2) is 5.82 Å². The average Bonchev–Trinajstić information content (AvgIpc) is 3.23. The first-order valence-electron chi connectivity index (χ1n) is 13.4. The number of methoxy groups -OCH3 is 1. The highest BCUT2D eigenvalue weighted by Crippen LogP contribution is 2.51. The van der Waals surface area contributed by atoms with Crippen LogP contribution in [0.1, 0.15) is 36.9 Å². The van der Waals surface area contributed by atoms with E-state index in [-0.39, 0.29) is 23.1 Å². The molecular weight excluding hydrogens is 546 g/mol. The molecule has 1 spiro atoms. The van der Waals surface area contributed by atoms with Crippen LogP contribution >= 0.6 is 23.4 Å². The molecule has 208 valence electrons. The zero-order valence-electron chi connectivity index (χ0n) is 22.5. The molecule has 0 radical (unpaired) electrons. The number of aromatic nitrogens is 4. The summed E-state index contributed by atoms with van der Waals surface area (Å²) in [5.41, 5.74) is 16.2. The standard InChI is InChI=1S/C29H32ClN7O2S/c1-17(39-2)15-37-16-34-20-7-8-21(24(30)23(20)28(37)38)40-27-26(32)35-22(14-33-27)36-11-9-29(10-12-36)13-18-5-3-4-6-19(18)25(29)31/h3-8,14,16-17,25H,9-13,15,31H2,1-2H3,(H2,32,35)/t17?,25-/m1/s1. The van der Waals surface area contributed by atoms with Crippen LogP contribution in [-0.4, -0.2) is 45.8 Å². The van der Waals surface area contributed by atoms with Crippen LogP contribution in [0.15, 0.2) is 63.6 Å². The maximum Gasteiger partial charge on any atom is 0.262 e. The van der Waals surface area contributed by atoms with Gasteiger partial charge in [-0.15, -0.1) is 0 Å². The zero-order chi connectivity index (χ0) is 28.0. The van der Waals surface area contributed by atoms with Crippen LogP contribution in [0, 0.1) is 5.41 Å². The molecule has 6 rings (SSSR count). The van der Waals surface area contributed by atoms with Gasteiger partial charge < -0.3 is 21.1 Å². The Hall–Kier alpha value is -3.18. The summed E-state index contributed by atoms with van der Waals surface area (Å²) in [6, 6.07) is 12.2. The average molecular weight is 578 g/mol. The third-order valence-electron chi connectivity index (χ3n) is 8.39. The van der Waals surface area contributed by atoms with Gasteiger partial charge in [0.25, 0.3) is 5.56 Å². The maximum absolute atomic E-state index is 13.2. The predicted octanol–water partition coefficient (Wildman–Crippen LogP) is 4.45. The lowest BCUT2D eigenvalue weighted by molar-refractivity contribution is 0.102. The number of nitrogens with two attached hydrogens (primary N) is 2. The fraction of sp³-hybridized carbons (Fsp3) is 0.379. The number of piperidine rings is 1. The number of hydrogen-bond donors (Lipinski definition) is 2. The monoisotopic (exact) mass is 577 g/mol. The molecule has 2 aromatic carbocycles. The van der Waals surface area contributed by atoms with E-state index in [4.69, 9.17) is 27.8 Å². The lowest BCUT2D eigenvalue weighted by Crippen LogP contribution is -2.44. The van der Waals surface area contributed by atoms with Gasteiger partial charge in [0.1, 0.15) is 10.8 Å². The molecule has 3 heterocycles. The van der Waals surface area contributed by atoms with E-state index in [1.807, 2.05) is 13.0 Å². The van der Waals surface area contributed by atoms with Gasteiger partial charge in [-0.2, -0.15) is 0 Å². The summed E-state index contributed by atoms with van der Waals surface area (Å²) in [7, 11) is 1.61. The van der Waals surface area contributed by atoms with E-state index < -0.39 is 0 Å². The fourth-order valence-corrected chi connectivity index (χ4v) is 7.10. The Balaban J connectivity index is 1.19. The molecule has 40 heavy (non-hydrogen) atoms. The highest BCUT2D eigenvalue weighted by atomic mass is 35.5. The van der Waals surface area contributed by atoms with E-state index >= 15 is 0 Å². The summed E-state index contributed by atoms with van der Waals surface area (Å²) in [4.78, 5) is 29.8. The molecule has 11 heteroatoms. The summed E-state index contributed by atoms with van der Waals surface area (Å²) in [5.74, 6) is 1.08. The SMILES string of the molecule is COC(C)Cn1cnc2ccc(Sc3ncc(N4CCC5(CC4)Cc4ccccc4[C@H]5N)nc3N)c(Cl)c2c1=O. The lowest BCUT2D eigenvalue weighted by Gasteiger charge is -2.42. The lowest BCUT2D eigenvalue weighted by atomic mass is 9.73. The van der Waals surface area contributed by atoms with Gasteiger partial charge >= 0.3 is 0 Å². The van der Waals surface area contributed by atoms with Crippen molar-refractivity contribution >= 4 is 45.9 Å². The second kappa shape index (κ2) is 10.7. The topological polar surface area (TPSA) is 125 Å². The van der Waals surface area contributed by atoms with E-state index in [1.165, 1.54) is 33.8 Å². The van der Waals surface area contributed by atoms with Crippen molar-refractivity contribution in [1.82, 2.24) is 19.5 Å². The predicted molar refractivity (Wildman–Crippen MR) is 159 cm³/mol. The molecular formula is C29H32ClN7O2S. The second-order valence-electron chi connectivity index (χ2n) is 10.7. The van der Waals surface area contributed by atoms with Crippen molar-refractivity contribution in [3.8, 4) is 0 Å². The fourth-order valence-electron chi connectivity index (χ4n) is 5.95. The van der Waals surface area contributed by atoms with Gasteiger partial charge in [-0.1, -0.05) is 47.6 Å². The van der Waals surface area contributed by atoms with Gasteiger partial charge in [0.05, 0.1) is 41.1 Å². The van der Waals surface area contributed by atoms with E-state index in [2.05, 4.69) is 44.1 Å². The molecule has 1 aliphatic heterocycles. The van der Waals surface area contributed by atoms with Crippen LogP contribution in [0.5, 0.6) is 0 Å². The first kappa shape index (κ1) is 27.0. The Morgan fingerprint density at radius 1 is 1.20 bits per heavy atom. The maximum atomic E-state index is 13.2. The molecule has 1 saturated heterocycles. The molecule has 0 saturated carbocycles. The Morgan fingerprint density at radius 2 is 1.98 bits per heavy atom. The van der Waals surface area contributed by atoms with Gasteiger partial charge in [-0.3, -0.25) is 9.36 Å². The van der Waals surface area contributed by atoms with Crippen LogP contribution in [0.4, 0.5) is 11.6 Å². The number of fused-ring (bicyclic) bond motifs is 2. The van der Waals surface area contributed by atoms with Crippen LogP contribution < -0.4 is 21.9 Å². The van der Waals surface area contributed by atoms with Crippen LogP contribution in [0.2, 0.25) is 5.02 Å². The summed E-state index contributed by atoms with van der Waals surface area (Å²) < 4.78 is 6.81. The molecule has 9 nitrogen and oxygen atoms in total. The van der Waals surface area contributed by atoms with Crippen molar-refractivity contribution in [2.24, 2.45) is 11.1 Å². The molecule has 2 aromatic heterocycles. The van der Waals surface area contributed by atoms with Crippen LogP contribution in [0.25, 0.3) is 10.9 Å². The molecule has 4 aromatic rings. The number of nitrogens with zero attached hydrogens (tertiary/aromatic N) is 5. The Labute approximate surface area is 241 Å². The third-order valence-corrected chi connectivity index (χ3v) is 9.96. The minimum Gasteiger partial charge on any atom is -0.381 e. The van der Waals surface area contributed by atoms with Crippen molar-refractivity contribution in [2.45, 2.75) is 54.8 Å².